The fourth-order valence-electron chi connectivity index (χ4n) is 1.72. The van der Waals surface area contributed by atoms with Gasteiger partial charge in [-0.2, -0.15) is 0 Å². The van der Waals surface area contributed by atoms with E-state index in [1.807, 2.05) is 13.8 Å². The Kier molecular flexibility index (Phi) is 11.2. The molecule has 0 bridgehead atoms. The minimum absolute atomic E-state index is 0.220. The number of esters is 3. The highest BCUT2D eigenvalue weighted by molar-refractivity contribution is 6.02. The van der Waals surface area contributed by atoms with E-state index in [-0.39, 0.29) is 11.3 Å². The molecule has 0 aromatic heterocycles. The van der Waals surface area contributed by atoms with Gasteiger partial charge in [-0.05, 0) is 37.7 Å². The predicted molar refractivity (Wildman–Crippen MR) is 92.8 cm³/mol. The van der Waals surface area contributed by atoms with Gasteiger partial charge in [0.15, 0.2) is 0 Å². The monoisotopic (exact) mass is 336 g/mol. The smallest absolute Gasteiger partial charge is 0.381 e. The molecule has 0 aliphatic rings. The zero-order valence-electron chi connectivity index (χ0n) is 14.9. The van der Waals surface area contributed by atoms with Crippen molar-refractivity contribution in [3.8, 4) is 0 Å². The number of carbonyl (C=O) groups excluding carboxylic acids is 3. The van der Waals surface area contributed by atoms with Gasteiger partial charge in [-0.25, -0.2) is 14.4 Å². The maximum absolute atomic E-state index is 12.0. The van der Waals surface area contributed by atoms with Gasteiger partial charge < -0.3 is 9.47 Å². The highest BCUT2D eigenvalue weighted by Crippen LogP contribution is 2.13. The van der Waals surface area contributed by atoms with E-state index in [4.69, 9.17) is 9.47 Å². The number of hydrogen-bond donors (Lipinski definition) is 0. The van der Waals surface area contributed by atoms with Gasteiger partial charge >= 0.3 is 17.9 Å². The third kappa shape index (κ3) is 9.77. The number of carbonyl (C=O) groups is 3. The van der Waals surface area contributed by atoms with Gasteiger partial charge in [-0.15, -0.1) is 0 Å². The summed E-state index contributed by atoms with van der Waals surface area (Å²) < 4.78 is 9.62. The highest BCUT2D eigenvalue weighted by Gasteiger charge is 2.21. The third-order valence-corrected chi connectivity index (χ3v) is 3.21. The van der Waals surface area contributed by atoms with Crippen LogP contribution in [0.1, 0.15) is 59.3 Å². The van der Waals surface area contributed by atoms with Crippen LogP contribution >= 0.6 is 0 Å². The van der Waals surface area contributed by atoms with E-state index in [0.29, 0.717) is 18.8 Å². The van der Waals surface area contributed by atoms with E-state index in [0.717, 1.165) is 31.8 Å². The maximum Gasteiger partial charge on any atom is 0.381 e. The zero-order chi connectivity index (χ0) is 18.5. The summed E-state index contributed by atoms with van der Waals surface area (Å²) in [4.78, 5) is 35.2. The van der Waals surface area contributed by atoms with Crippen molar-refractivity contribution in [1.29, 1.82) is 0 Å². The minimum Gasteiger partial charge on any atom is -0.416 e. The number of ether oxygens (including phenoxy) is 2. The molecule has 0 amide bonds. The van der Waals surface area contributed by atoms with Crippen LogP contribution in [0, 0.1) is 5.92 Å². The van der Waals surface area contributed by atoms with E-state index in [9.17, 15) is 14.4 Å². The van der Waals surface area contributed by atoms with E-state index >= 15 is 0 Å². The Labute approximate surface area is 144 Å². The third-order valence-electron chi connectivity index (χ3n) is 3.21. The van der Waals surface area contributed by atoms with Crippen molar-refractivity contribution in [3.63, 3.8) is 0 Å². The lowest BCUT2D eigenvalue weighted by molar-refractivity contribution is -0.159. The van der Waals surface area contributed by atoms with Crippen molar-refractivity contribution >= 4 is 17.9 Å². The average Bonchev–Trinajstić information content (AvgIpc) is 2.54. The summed E-state index contributed by atoms with van der Waals surface area (Å²) in [7, 11) is 0. The molecule has 0 atom stereocenters. The fraction of sp³-hybridized carbons (Fsp3) is 0.526. The molecule has 24 heavy (non-hydrogen) atoms. The molecule has 0 aliphatic heterocycles. The molecule has 0 saturated heterocycles. The molecule has 0 heterocycles. The second kappa shape index (κ2) is 12.3. The Morgan fingerprint density at radius 2 is 1.75 bits per heavy atom. The average molecular weight is 336 g/mol. The first kappa shape index (κ1) is 21.8. The van der Waals surface area contributed by atoms with Gasteiger partial charge in [0, 0.05) is 11.6 Å². The standard InChI is InChI=1S/C19H28O5/c1-6-8-9-10-11-16(23-17(20)7-2)19(22)24-18(21)15(5)13-12-14(3)4/h7,11,14H,2,5-6,8-10,12-13H2,1,3-4H3. The number of allylic oxidation sites excluding steroid dienone is 1. The highest BCUT2D eigenvalue weighted by atomic mass is 16.6. The quantitative estimate of drug-likeness (QED) is 0.185. The molecule has 0 radical (unpaired) electrons. The molecule has 0 unspecified atom stereocenters. The molecule has 0 spiro atoms. The molecule has 0 rings (SSSR count). The van der Waals surface area contributed by atoms with Crippen LogP contribution in [0.15, 0.2) is 36.6 Å². The number of rotatable bonds is 11. The van der Waals surface area contributed by atoms with Crippen molar-refractivity contribution in [1.82, 2.24) is 0 Å². The Balaban J connectivity index is 4.78. The van der Waals surface area contributed by atoms with Crippen LogP contribution in [0.3, 0.4) is 0 Å². The van der Waals surface area contributed by atoms with Crippen molar-refractivity contribution < 1.29 is 23.9 Å². The van der Waals surface area contributed by atoms with Crippen LogP contribution in [0.4, 0.5) is 0 Å². The second-order valence-corrected chi connectivity index (χ2v) is 5.90. The molecular weight excluding hydrogens is 308 g/mol. The summed E-state index contributed by atoms with van der Waals surface area (Å²) in [5, 5.41) is 0. The van der Waals surface area contributed by atoms with Gasteiger partial charge in [-0.3, -0.25) is 0 Å². The minimum atomic E-state index is -0.989. The lowest BCUT2D eigenvalue weighted by Gasteiger charge is -2.09. The molecule has 5 nitrogen and oxygen atoms in total. The van der Waals surface area contributed by atoms with Crippen molar-refractivity contribution in [2.24, 2.45) is 5.92 Å². The molecule has 0 N–H and O–H groups in total. The summed E-state index contributed by atoms with van der Waals surface area (Å²) in [6, 6.07) is 0. The normalized spacial score (nSPS) is 11.1. The summed E-state index contributed by atoms with van der Waals surface area (Å²) in [6.07, 6.45) is 7.02. The molecule has 0 aromatic carbocycles. The molecule has 0 aromatic rings. The molecule has 0 aliphatic carbocycles. The van der Waals surface area contributed by atoms with Crippen LogP contribution < -0.4 is 0 Å². The molecule has 134 valence electrons. The Morgan fingerprint density at radius 1 is 1.08 bits per heavy atom. The molecule has 0 saturated carbocycles. The van der Waals surface area contributed by atoms with E-state index < -0.39 is 17.9 Å². The summed E-state index contributed by atoms with van der Waals surface area (Å²) >= 11 is 0. The van der Waals surface area contributed by atoms with Crippen molar-refractivity contribution in [2.75, 3.05) is 0 Å². The van der Waals surface area contributed by atoms with Crippen LogP contribution in [0.5, 0.6) is 0 Å². The largest absolute Gasteiger partial charge is 0.416 e. The van der Waals surface area contributed by atoms with Gasteiger partial charge in [-0.1, -0.05) is 46.8 Å². The summed E-state index contributed by atoms with van der Waals surface area (Å²) in [6.45, 7) is 13.0. The van der Waals surface area contributed by atoms with Crippen LogP contribution in [-0.2, 0) is 23.9 Å². The molecule has 0 fully saturated rings. The Bertz CT molecular complexity index is 500. The first-order valence-electron chi connectivity index (χ1n) is 8.30. The van der Waals surface area contributed by atoms with Crippen LogP contribution in [0.25, 0.3) is 0 Å². The number of hydrogen-bond acceptors (Lipinski definition) is 5. The van der Waals surface area contributed by atoms with Crippen LogP contribution in [-0.4, -0.2) is 17.9 Å². The molecular formula is C19H28O5. The lowest BCUT2D eigenvalue weighted by Crippen LogP contribution is -2.19. The van der Waals surface area contributed by atoms with Gasteiger partial charge in [0.1, 0.15) is 0 Å². The maximum atomic E-state index is 12.0. The summed E-state index contributed by atoms with van der Waals surface area (Å²) in [5.41, 5.74) is 0.220. The second-order valence-electron chi connectivity index (χ2n) is 5.90. The van der Waals surface area contributed by atoms with Crippen molar-refractivity contribution in [3.05, 3.63) is 36.6 Å². The van der Waals surface area contributed by atoms with Gasteiger partial charge in [0.05, 0.1) is 0 Å². The zero-order valence-corrected chi connectivity index (χ0v) is 14.9. The molecule has 5 heteroatoms. The van der Waals surface area contributed by atoms with Gasteiger partial charge in [0.2, 0.25) is 5.76 Å². The fourth-order valence-corrected chi connectivity index (χ4v) is 1.72. The summed E-state index contributed by atoms with van der Waals surface area (Å²) in [5.74, 6) is -2.44. The lowest BCUT2D eigenvalue weighted by atomic mass is 10.0. The Morgan fingerprint density at radius 3 is 2.29 bits per heavy atom. The Hall–Kier alpha value is -2.17. The SMILES string of the molecule is C=CC(=O)OC(=CCCCCC)C(=O)OC(=O)C(=C)CCC(C)C. The number of unbranched alkanes of at least 4 members (excludes halogenated alkanes) is 3. The van der Waals surface area contributed by atoms with E-state index in [1.165, 1.54) is 6.08 Å². The van der Waals surface area contributed by atoms with Crippen molar-refractivity contribution in [2.45, 2.75) is 59.3 Å². The first-order chi connectivity index (χ1) is 11.3. The van der Waals surface area contributed by atoms with E-state index in [1.54, 1.807) is 0 Å². The van der Waals surface area contributed by atoms with E-state index in [2.05, 4.69) is 20.1 Å². The predicted octanol–water partition coefficient (Wildman–Crippen LogP) is 4.24. The topological polar surface area (TPSA) is 69.7 Å². The van der Waals surface area contributed by atoms with Crippen LogP contribution in [0.2, 0.25) is 0 Å². The first-order valence-corrected chi connectivity index (χ1v) is 8.30. The van der Waals surface area contributed by atoms with Gasteiger partial charge in [0.25, 0.3) is 0 Å².